The smallest absolute Gasteiger partial charge is 0.282 e. The molecule has 0 aliphatic carbocycles. The third-order valence-corrected chi connectivity index (χ3v) is 7.03. The molecule has 0 aliphatic heterocycles. The molecule has 45 heavy (non-hydrogen) atoms. The van der Waals surface area contributed by atoms with Gasteiger partial charge in [0, 0.05) is 5.69 Å². The number of hydrogen-bond donors (Lipinski definition) is 1. The van der Waals surface area contributed by atoms with E-state index in [1.807, 2.05) is 6.07 Å². The summed E-state index contributed by atoms with van der Waals surface area (Å²) in [5, 5.41) is 8.22. The van der Waals surface area contributed by atoms with Crippen molar-refractivity contribution >= 4 is 51.3 Å². The second-order valence-electron chi connectivity index (χ2n) is 9.68. The van der Waals surface area contributed by atoms with E-state index in [2.05, 4.69) is 10.4 Å². The van der Waals surface area contributed by atoms with Gasteiger partial charge in [-0.15, -0.1) is 0 Å². The molecule has 0 radical (unpaired) electrons. The van der Waals surface area contributed by atoms with Gasteiger partial charge in [0.2, 0.25) is 5.82 Å². The van der Waals surface area contributed by atoms with Crippen LogP contribution in [0, 0.1) is 5.82 Å². The van der Waals surface area contributed by atoms with Crippen LogP contribution in [0.3, 0.4) is 0 Å². The Morgan fingerprint density at radius 3 is 2.60 bits per heavy atom. The summed E-state index contributed by atoms with van der Waals surface area (Å²) in [4.78, 5) is 30.7. The molecule has 0 saturated carbocycles. The number of rotatable bonds is 9. The van der Waals surface area contributed by atoms with Gasteiger partial charge in [-0.05, 0) is 66.2 Å². The summed E-state index contributed by atoms with van der Waals surface area (Å²) >= 11 is 6.51. The fourth-order valence-corrected chi connectivity index (χ4v) is 4.97. The number of nitrogens with zero attached hydrogens (tertiary/aromatic N) is 3. The predicted molar refractivity (Wildman–Crippen MR) is 169 cm³/mol. The Hall–Kier alpha value is -5.68. The maximum Gasteiger partial charge on any atom is 0.282 e. The lowest BCUT2D eigenvalue weighted by atomic mass is 10.2. The highest BCUT2D eigenvalue weighted by Crippen LogP contribution is 2.36. The predicted octanol–water partition coefficient (Wildman–Crippen LogP) is 6.52. The van der Waals surface area contributed by atoms with E-state index in [1.54, 1.807) is 67.8 Å². The van der Waals surface area contributed by atoms with Crippen LogP contribution in [0.5, 0.6) is 17.2 Å². The lowest BCUT2D eigenvalue weighted by Gasteiger charge is -2.13. The quantitative estimate of drug-likeness (QED) is 0.182. The van der Waals surface area contributed by atoms with Gasteiger partial charge in [0.15, 0.2) is 23.9 Å². The average Bonchev–Trinajstić information content (AvgIpc) is 3.48. The highest BCUT2D eigenvalue weighted by molar-refractivity contribution is 6.32. The maximum atomic E-state index is 13.6. The molecule has 1 amide bonds. The molecule has 226 valence electrons. The van der Waals surface area contributed by atoms with Crippen molar-refractivity contribution < 1.29 is 27.8 Å². The van der Waals surface area contributed by atoms with Gasteiger partial charge in [0.1, 0.15) is 17.1 Å². The van der Waals surface area contributed by atoms with E-state index in [-0.39, 0.29) is 28.0 Å². The van der Waals surface area contributed by atoms with Crippen LogP contribution in [-0.2, 0) is 4.79 Å². The summed E-state index contributed by atoms with van der Waals surface area (Å²) in [6, 6.07) is 22.7. The first-order chi connectivity index (χ1) is 21.8. The number of benzene rings is 4. The van der Waals surface area contributed by atoms with Crippen molar-refractivity contribution in [1.82, 2.24) is 9.66 Å². The van der Waals surface area contributed by atoms with Gasteiger partial charge in [0.25, 0.3) is 11.5 Å². The van der Waals surface area contributed by atoms with Crippen molar-refractivity contribution in [2.45, 2.75) is 0 Å². The zero-order chi connectivity index (χ0) is 31.5. The Morgan fingerprint density at radius 1 is 1.00 bits per heavy atom. The molecule has 2 heterocycles. The summed E-state index contributed by atoms with van der Waals surface area (Å²) in [5.41, 5.74) is 1.36. The molecule has 0 saturated heterocycles. The van der Waals surface area contributed by atoms with Crippen LogP contribution < -0.4 is 25.1 Å². The number of furan rings is 1. The number of amides is 1. The Balaban J connectivity index is 1.33. The minimum absolute atomic E-state index is 0.118. The number of fused-ring (bicyclic) bond motifs is 2. The maximum absolute atomic E-state index is 13.6. The van der Waals surface area contributed by atoms with Gasteiger partial charge >= 0.3 is 0 Å². The first kappa shape index (κ1) is 29.4. The molecule has 1 N–H and O–H groups in total. The van der Waals surface area contributed by atoms with Crippen LogP contribution in [0.4, 0.5) is 10.1 Å². The summed E-state index contributed by atoms with van der Waals surface area (Å²) in [6.07, 6.45) is 1.42. The minimum Gasteiger partial charge on any atom is -0.496 e. The molecule has 0 atom stereocenters. The van der Waals surface area contributed by atoms with Gasteiger partial charge in [-0.2, -0.15) is 9.78 Å². The lowest BCUT2D eigenvalue weighted by Crippen LogP contribution is -2.20. The summed E-state index contributed by atoms with van der Waals surface area (Å²) < 4.78 is 37.2. The van der Waals surface area contributed by atoms with Crippen molar-refractivity contribution in [3.05, 3.63) is 112 Å². The van der Waals surface area contributed by atoms with Crippen molar-refractivity contribution in [3.63, 3.8) is 0 Å². The second kappa shape index (κ2) is 12.5. The van der Waals surface area contributed by atoms with E-state index < -0.39 is 23.9 Å². The van der Waals surface area contributed by atoms with Crippen LogP contribution in [-0.4, -0.2) is 42.6 Å². The Kier molecular flexibility index (Phi) is 8.17. The first-order valence-corrected chi connectivity index (χ1v) is 13.9. The molecule has 6 aromatic rings. The molecular weight excluding hydrogens is 603 g/mol. The number of methoxy groups -OCH3 is 2. The molecular formula is C33H24ClFN4O6. The highest BCUT2D eigenvalue weighted by Gasteiger charge is 2.19. The molecule has 4 aromatic carbocycles. The van der Waals surface area contributed by atoms with Crippen LogP contribution in [0.1, 0.15) is 5.56 Å². The Labute approximate surface area is 260 Å². The van der Waals surface area contributed by atoms with Gasteiger partial charge in [0.05, 0.1) is 41.7 Å². The number of anilines is 1. The monoisotopic (exact) mass is 626 g/mol. The summed E-state index contributed by atoms with van der Waals surface area (Å²) in [5.74, 6) is 0.422. The molecule has 0 unspecified atom stereocenters. The average molecular weight is 627 g/mol. The first-order valence-electron chi connectivity index (χ1n) is 13.5. The largest absolute Gasteiger partial charge is 0.496 e. The number of halogens is 2. The molecule has 0 bridgehead atoms. The van der Waals surface area contributed by atoms with Crippen LogP contribution in [0.2, 0.25) is 5.02 Å². The highest BCUT2D eigenvalue weighted by atomic mass is 35.5. The molecule has 6 rings (SSSR count). The Morgan fingerprint density at radius 2 is 1.80 bits per heavy atom. The summed E-state index contributed by atoms with van der Waals surface area (Å²) in [6.45, 7) is -0.413. The standard InChI is InChI=1S/C33H24ClFN4O6/c1-42-26-11-6-12-27-23(26)16-29(45-27)32-38-25-10-4-3-9-22(25)33(41)39(32)36-17-19-13-24(34)31(28(14-19)43-2)44-18-30(40)37-21-8-5-7-20(35)15-21/h3-17H,18H2,1-2H3,(H,37,40). The summed E-state index contributed by atoms with van der Waals surface area (Å²) in [7, 11) is 2.98. The second-order valence-corrected chi connectivity index (χ2v) is 10.1. The zero-order valence-electron chi connectivity index (χ0n) is 23.9. The molecule has 0 spiro atoms. The third kappa shape index (κ3) is 6.06. The normalized spacial score (nSPS) is 11.3. The van der Waals surface area contributed by atoms with E-state index in [4.69, 9.17) is 35.2 Å². The number of carbonyl (C=O) groups is 1. The molecule has 10 nitrogen and oxygen atoms in total. The number of aromatic nitrogens is 2. The van der Waals surface area contributed by atoms with E-state index >= 15 is 0 Å². The number of carbonyl (C=O) groups excluding carboxylic acids is 1. The lowest BCUT2D eigenvalue weighted by molar-refractivity contribution is -0.118. The van der Waals surface area contributed by atoms with Gasteiger partial charge in [-0.1, -0.05) is 35.9 Å². The topological polar surface area (TPSA) is 117 Å². The van der Waals surface area contributed by atoms with E-state index in [9.17, 15) is 14.0 Å². The molecule has 2 aromatic heterocycles. The number of hydrogen-bond acceptors (Lipinski definition) is 8. The fraction of sp³-hybridized carbons (Fsp3) is 0.0909. The van der Waals surface area contributed by atoms with Crippen molar-refractivity contribution in [2.75, 3.05) is 26.1 Å². The zero-order valence-corrected chi connectivity index (χ0v) is 24.7. The van der Waals surface area contributed by atoms with E-state index in [1.165, 1.54) is 31.5 Å². The van der Waals surface area contributed by atoms with Crippen LogP contribution in [0.25, 0.3) is 33.5 Å². The van der Waals surface area contributed by atoms with E-state index in [0.29, 0.717) is 38.9 Å². The molecule has 0 fully saturated rings. The fourth-order valence-electron chi connectivity index (χ4n) is 4.69. The number of ether oxygens (including phenoxy) is 3. The third-order valence-electron chi connectivity index (χ3n) is 6.75. The van der Waals surface area contributed by atoms with Gasteiger partial charge < -0.3 is 23.9 Å². The van der Waals surface area contributed by atoms with Gasteiger partial charge in [-0.3, -0.25) is 9.59 Å². The Bertz CT molecular complexity index is 2160. The van der Waals surface area contributed by atoms with Crippen molar-refractivity contribution in [3.8, 4) is 28.8 Å². The minimum atomic E-state index is -0.525. The SMILES string of the molecule is COc1cc(C=Nn2c(-c3cc4c(OC)cccc4o3)nc3ccccc3c2=O)cc(Cl)c1OCC(=O)Nc1cccc(F)c1. The number of para-hydroxylation sites is 1. The van der Waals surface area contributed by atoms with Crippen molar-refractivity contribution in [1.29, 1.82) is 0 Å². The number of nitrogens with one attached hydrogen (secondary N) is 1. The van der Waals surface area contributed by atoms with Crippen LogP contribution in [0.15, 0.2) is 99.2 Å². The van der Waals surface area contributed by atoms with Gasteiger partial charge in [-0.25, -0.2) is 9.37 Å². The van der Waals surface area contributed by atoms with Crippen LogP contribution >= 0.6 is 11.6 Å². The van der Waals surface area contributed by atoms with E-state index in [0.717, 1.165) is 4.68 Å². The molecule has 0 aliphatic rings. The van der Waals surface area contributed by atoms with Crippen molar-refractivity contribution in [2.24, 2.45) is 5.10 Å². The molecule has 12 heteroatoms.